The van der Waals surface area contributed by atoms with Gasteiger partial charge < -0.3 is 4.74 Å². The molecule has 118 valence electrons. The Kier molecular flexibility index (Phi) is 5.88. The van der Waals surface area contributed by atoms with Crippen molar-refractivity contribution >= 4 is 22.7 Å². The quantitative estimate of drug-likeness (QED) is 0.790. The summed E-state index contributed by atoms with van der Waals surface area (Å²) in [7, 11) is -2.01. The van der Waals surface area contributed by atoms with E-state index in [-0.39, 0.29) is 4.90 Å². The number of sulfonamides is 1. The lowest BCUT2D eigenvalue weighted by atomic mass is 10.2. The van der Waals surface area contributed by atoms with Crippen LogP contribution in [0, 0.1) is 0 Å². The van der Waals surface area contributed by atoms with Crippen molar-refractivity contribution < 1.29 is 13.2 Å². The first-order chi connectivity index (χ1) is 10.6. The van der Waals surface area contributed by atoms with Gasteiger partial charge in [-0.2, -0.15) is 16.9 Å². The van der Waals surface area contributed by atoms with Crippen LogP contribution < -0.4 is 4.74 Å². The van der Waals surface area contributed by atoms with Gasteiger partial charge >= 0.3 is 0 Å². The number of benzene rings is 2. The van der Waals surface area contributed by atoms with Crippen LogP contribution in [0.1, 0.15) is 5.56 Å². The number of hydrogen-bond donors (Lipinski definition) is 1. The maximum Gasteiger partial charge on any atom is 0.243 e. The van der Waals surface area contributed by atoms with Crippen molar-refractivity contribution in [2.45, 2.75) is 11.4 Å². The molecule has 6 heteroatoms. The first-order valence-electron chi connectivity index (χ1n) is 6.87. The van der Waals surface area contributed by atoms with E-state index < -0.39 is 10.0 Å². The summed E-state index contributed by atoms with van der Waals surface area (Å²) in [4.78, 5) is 0.256. The minimum Gasteiger partial charge on any atom is -0.497 e. The molecule has 0 aliphatic rings. The summed E-state index contributed by atoms with van der Waals surface area (Å²) >= 11 is 4.18. The summed E-state index contributed by atoms with van der Waals surface area (Å²) in [5.41, 5.74) is 0.946. The first kappa shape index (κ1) is 16.9. The van der Waals surface area contributed by atoms with E-state index in [2.05, 4.69) is 12.6 Å². The molecule has 0 fully saturated rings. The van der Waals surface area contributed by atoms with Gasteiger partial charge in [-0.15, -0.1) is 0 Å². The molecule has 0 spiro atoms. The summed E-state index contributed by atoms with van der Waals surface area (Å²) in [6.45, 7) is 0.683. The zero-order chi connectivity index (χ0) is 16.0. The molecule has 2 rings (SSSR count). The third-order valence-electron chi connectivity index (χ3n) is 3.25. The fourth-order valence-electron chi connectivity index (χ4n) is 2.08. The highest BCUT2D eigenvalue weighted by molar-refractivity contribution is 7.89. The summed E-state index contributed by atoms with van der Waals surface area (Å²) in [6, 6.07) is 15.9. The maximum absolute atomic E-state index is 12.8. The Labute approximate surface area is 137 Å². The minimum atomic E-state index is -3.56. The van der Waals surface area contributed by atoms with Crippen LogP contribution in [0.15, 0.2) is 59.5 Å². The molecule has 0 N–H and O–H groups in total. The summed E-state index contributed by atoms with van der Waals surface area (Å²) in [6.07, 6.45) is 0. The number of ether oxygens (including phenoxy) is 1. The third-order valence-corrected chi connectivity index (χ3v) is 5.31. The Morgan fingerprint density at radius 3 is 2.23 bits per heavy atom. The number of rotatable bonds is 7. The number of thiol groups is 1. The number of methoxy groups -OCH3 is 1. The fourth-order valence-corrected chi connectivity index (χ4v) is 3.89. The van der Waals surface area contributed by atoms with E-state index in [0.717, 1.165) is 5.56 Å². The van der Waals surface area contributed by atoms with Crippen LogP contribution in [0.25, 0.3) is 0 Å². The zero-order valence-electron chi connectivity index (χ0n) is 12.3. The van der Waals surface area contributed by atoms with Gasteiger partial charge in [-0.3, -0.25) is 0 Å². The molecular weight excluding hydrogens is 318 g/mol. The highest BCUT2D eigenvalue weighted by Gasteiger charge is 2.24. The van der Waals surface area contributed by atoms with Gasteiger partial charge in [0.2, 0.25) is 10.0 Å². The second kappa shape index (κ2) is 7.67. The lowest BCUT2D eigenvalue weighted by Crippen LogP contribution is -2.32. The summed E-state index contributed by atoms with van der Waals surface area (Å²) in [5.74, 6) is 1.09. The van der Waals surface area contributed by atoms with Gasteiger partial charge in [0, 0.05) is 18.8 Å². The molecule has 4 nitrogen and oxygen atoms in total. The largest absolute Gasteiger partial charge is 0.497 e. The molecule has 0 bridgehead atoms. The van der Waals surface area contributed by atoms with Crippen molar-refractivity contribution in [3.8, 4) is 5.75 Å². The lowest BCUT2D eigenvalue weighted by molar-refractivity contribution is 0.413. The van der Waals surface area contributed by atoms with Gasteiger partial charge in [0.1, 0.15) is 5.75 Å². The van der Waals surface area contributed by atoms with Crippen molar-refractivity contribution in [1.29, 1.82) is 0 Å². The van der Waals surface area contributed by atoms with Crippen LogP contribution in [0.2, 0.25) is 0 Å². The normalized spacial score (nSPS) is 11.6. The van der Waals surface area contributed by atoms with Gasteiger partial charge in [0.25, 0.3) is 0 Å². The smallest absolute Gasteiger partial charge is 0.243 e. The van der Waals surface area contributed by atoms with Crippen LogP contribution in [0.4, 0.5) is 0 Å². The molecule has 0 saturated carbocycles. The minimum absolute atomic E-state index is 0.256. The average molecular weight is 337 g/mol. The molecule has 0 radical (unpaired) electrons. The molecule has 2 aromatic carbocycles. The molecule has 0 saturated heterocycles. The van der Waals surface area contributed by atoms with Gasteiger partial charge in [-0.25, -0.2) is 8.42 Å². The first-order valence-corrected chi connectivity index (χ1v) is 8.94. The van der Waals surface area contributed by atoms with E-state index in [1.807, 2.05) is 30.3 Å². The van der Waals surface area contributed by atoms with Gasteiger partial charge in [0.05, 0.1) is 12.0 Å². The van der Waals surface area contributed by atoms with Crippen LogP contribution in [0.3, 0.4) is 0 Å². The van der Waals surface area contributed by atoms with E-state index in [0.29, 0.717) is 24.6 Å². The Bertz CT molecular complexity index is 685. The number of hydrogen-bond acceptors (Lipinski definition) is 4. The Balaban J connectivity index is 2.28. The highest BCUT2D eigenvalue weighted by atomic mass is 32.2. The predicted octanol–water partition coefficient (Wildman–Crippen LogP) is 2.82. The van der Waals surface area contributed by atoms with E-state index in [1.54, 1.807) is 31.4 Å². The monoisotopic (exact) mass is 337 g/mol. The molecule has 0 unspecified atom stereocenters. The van der Waals surface area contributed by atoms with Crippen LogP contribution in [0.5, 0.6) is 5.75 Å². The van der Waals surface area contributed by atoms with Gasteiger partial charge in [0.15, 0.2) is 0 Å². The summed E-state index contributed by atoms with van der Waals surface area (Å²) in [5, 5.41) is 0. The molecule has 0 aliphatic carbocycles. The van der Waals surface area contributed by atoms with Gasteiger partial charge in [-0.05, 0) is 29.8 Å². The summed E-state index contributed by atoms with van der Waals surface area (Å²) < 4.78 is 32.1. The van der Waals surface area contributed by atoms with Crippen molar-refractivity contribution in [3.63, 3.8) is 0 Å². The molecule has 22 heavy (non-hydrogen) atoms. The van der Waals surface area contributed by atoms with Crippen molar-refractivity contribution in [2.24, 2.45) is 0 Å². The Hall–Kier alpha value is -1.50. The van der Waals surface area contributed by atoms with Crippen LogP contribution in [-0.4, -0.2) is 32.1 Å². The molecule has 0 aromatic heterocycles. The maximum atomic E-state index is 12.8. The predicted molar refractivity (Wildman–Crippen MR) is 90.9 cm³/mol. The Morgan fingerprint density at radius 1 is 1.05 bits per heavy atom. The van der Waals surface area contributed by atoms with E-state index >= 15 is 0 Å². The average Bonchev–Trinajstić information content (AvgIpc) is 2.55. The Morgan fingerprint density at radius 2 is 1.68 bits per heavy atom. The van der Waals surface area contributed by atoms with E-state index in [4.69, 9.17) is 4.74 Å². The second-order valence-corrected chi connectivity index (χ2v) is 7.11. The van der Waals surface area contributed by atoms with Gasteiger partial charge in [-0.1, -0.05) is 30.3 Å². The topological polar surface area (TPSA) is 46.6 Å². The molecule has 0 atom stereocenters. The van der Waals surface area contributed by atoms with Crippen molar-refractivity contribution in [1.82, 2.24) is 4.31 Å². The molecule has 2 aromatic rings. The zero-order valence-corrected chi connectivity index (χ0v) is 14.1. The molecule has 0 amide bonds. The standard InChI is InChI=1S/C16H19NO3S2/c1-20-15-7-9-16(10-8-15)22(18,19)17(11-12-21)13-14-5-3-2-4-6-14/h2-10,21H,11-13H2,1H3. The molecule has 0 heterocycles. The second-order valence-electron chi connectivity index (χ2n) is 4.72. The van der Waals surface area contributed by atoms with Crippen LogP contribution >= 0.6 is 12.6 Å². The fraction of sp³-hybridized carbons (Fsp3) is 0.250. The van der Waals surface area contributed by atoms with E-state index in [9.17, 15) is 8.42 Å². The number of nitrogens with zero attached hydrogens (tertiary/aromatic N) is 1. The molecule has 0 aliphatic heterocycles. The van der Waals surface area contributed by atoms with Crippen molar-refractivity contribution in [2.75, 3.05) is 19.4 Å². The van der Waals surface area contributed by atoms with Crippen LogP contribution in [-0.2, 0) is 16.6 Å². The third kappa shape index (κ3) is 4.03. The SMILES string of the molecule is COc1ccc(S(=O)(=O)N(CCS)Cc2ccccc2)cc1. The van der Waals surface area contributed by atoms with Crippen molar-refractivity contribution in [3.05, 3.63) is 60.2 Å². The molecular formula is C16H19NO3S2. The lowest BCUT2D eigenvalue weighted by Gasteiger charge is -2.21. The highest BCUT2D eigenvalue weighted by Crippen LogP contribution is 2.21. The van der Waals surface area contributed by atoms with E-state index in [1.165, 1.54) is 4.31 Å².